The van der Waals surface area contributed by atoms with Gasteiger partial charge < -0.3 is 19.5 Å². The number of anilines is 2. The van der Waals surface area contributed by atoms with Gasteiger partial charge in [0.05, 0.1) is 26.4 Å². The Morgan fingerprint density at radius 3 is 2.48 bits per heavy atom. The summed E-state index contributed by atoms with van der Waals surface area (Å²) in [6, 6.07) is 7.25. The molecule has 1 aliphatic heterocycles. The predicted molar refractivity (Wildman–Crippen MR) is 124 cm³/mol. The molecule has 2 heterocycles. The van der Waals surface area contributed by atoms with Gasteiger partial charge in [0.15, 0.2) is 10.8 Å². The summed E-state index contributed by atoms with van der Waals surface area (Å²) in [7, 11) is 2.58. The molecule has 2 atom stereocenters. The second kappa shape index (κ2) is 10.4. The van der Waals surface area contributed by atoms with E-state index in [0.29, 0.717) is 27.8 Å². The molecule has 10 heteroatoms. The number of thiazole rings is 1. The van der Waals surface area contributed by atoms with Crippen LogP contribution in [0.1, 0.15) is 42.7 Å². The number of methoxy groups -OCH3 is 2. The first-order valence-corrected chi connectivity index (χ1v) is 11.1. The van der Waals surface area contributed by atoms with Crippen molar-refractivity contribution in [2.75, 3.05) is 26.1 Å². The van der Waals surface area contributed by atoms with Gasteiger partial charge in [0.2, 0.25) is 0 Å². The van der Waals surface area contributed by atoms with Crippen LogP contribution in [0.25, 0.3) is 0 Å². The summed E-state index contributed by atoms with van der Waals surface area (Å²) >= 11 is 1.24. The van der Waals surface area contributed by atoms with Crippen LogP contribution in [-0.2, 0) is 23.8 Å². The van der Waals surface area contributed by atoms with Gasteiger partial charge in [-0.3, -0.25) is 9.79 Å². The van der Waals surface area contributed by atoms with Gasteiger partial charge >= 0.3 is 17.9 Å². The Hall–Kier alpha value is -3.53. The lowest BCUT2D eigenvalue weighted by Gasteiger charge is -2.32. The lowest BCUT2D eigenvalue weighted by molar-refractivity contribution is -0.143. The number of rotatable bonds is 7. The number of para-hydroxylation sites is 1. The molecule has 0 fully saturated rings. The Kier molecular flexibility index (Phi) is 7.59. The minimum absolute atomic E-state index is 0.195. The van der Waals surface area contributed by atoms with Crippen molar-refractivity contribution in [2.24, 2.45) is 10.9 Å². The largest absolute Gasteiger partial charge is 0.468 e. The fourth-order valence-electron chi connectivity index (χ4n) is 3.81. The number of hydrogen-bond donors (Lipinski definition) is 1. The fraction of sp³-hybridized carbons (Fsp3) is 0.348. The summed E-state index contributed by atoms with van der Waals surface area (Å²) in [5.41, 5.74) is 2.75. The smallest absolute Gasteiger partial charge is 0.357 e. The Morgan fingerprint density at radius 2 is 1.82 bits per heavy atom. The summed E-state index contributed by atoms with van der Waals surface area (Å²) < 4.78 is 15.1. The minimum Gasteiger partial charge on any atom is -0.468 e. The molecule has 2 unspecified atom stereocenters. The Bertz CT molecular complexity index is 1140. The van der Waals surface area contributed by atoms with Gasteiger partial charge in [-0.25, -0.2) is 14.6 Å². The van der Waals surface area contributed by atoms with Crippen molar-refractivity contribution in [1.29, 1.82) is 0 Å². The first-order chi connectivity index (χ1) is 15.8. The molecule has 2 aromatic rings. The van der Waals surface area contributed by atoms with Crippen LogP contribution < -0.4 is 5.32 Å². The second-order valence-electron chi connectivity index (χ2n) is 7.19. The molecular formula is C23H25N3O6S. The maximum Gasteiger partial charge on any atom is 0.357 e. The number of hydrogen-bond acceptors (Lipinski definition) is 10. The van der Waals surface area contributed by atoms with Crippen molar-refractivity contribution in [3.8, 4) is 0 Å². The summed E-state index contributed by atoms with van der Waals surface area (Å²) in [4.78, 5) is 46.2. The van der Waals surface area contributed by atoms with Gasteiger partial charge in [0, 0.05) is 28.4 Å². The highest BCUT2D eigenvalue weighted by Gasteiger charge is 2.43. The van der Waals surface area contributed by atoms with E-state index in [4.69, 9.17) is 14.2 Å². The molecule has 0 saturated heterocycles. The molecular weight excluding hydrogens is 446 g/mol. The zero-order valence-electron chi connectivity index (χ0n) is 19.0. The number of aromatic nitrogens is 1. The number of aliphatic imine (C=N–C) groups is 1. The van der Waals surface area contributed by atoms with E-state index >= 15 is 0 Å². The van der Waals surface area contributed by atoms with Gasteiger partial charge in [-0.05, 0) is 32.4 Å². The van der Waals surface area contributed by atoms with E-state index in [0.717, 1.165) is 0 Å². The van der Waals surface area contributed by atoms with Gasteiger partial charge in [-0.1, -0.05) is 18.2 Å². The molecule has 33 heavy (non-hydrogen) atoms. The van der Waals surface area contributed by atoms with Crippen LogP contribution in [0, 0.1) is 5.92 Å². The highest BCUT2D eigenvalue weighted by atomic mass is 32.1. The van der Waals surface area contributed by atoms with Crippen LogP contribution in [0.4, 0.5) is 10.8 Å². The molecule has 0 saturated carbocycles. The summed E-state index contributed by atoms with van der Waals surface area (Å²) in [6.07, 6.45) is 0. The molecule has 9 nitrogen and oxygen atoms in total. The van der Waals surface area contributed by atoms with Crippen LogP contribution in [-0.4, -0.2) is 49.4 Å². The molecule has 0 radical (unpaired) electrons. The highest BCUT2D eigenvalue weighted by molar-refractivity contribution is 7.14. The maximum atomic E-state index is 12.8. The average molecular weight is 472 g/mol. The van der Waals surface area contributed by atoms with E-state index in [2.05, 4.69) is 15.3 Å². The molecule has 0 bridgehead atoms. The van der Waals surface area contributed by atoms with Crippen LogP contribution in [0.2, 0.25) is 0 Å². The van der Waals surface area contributed by atoms with Crippen molar-refractivity contribution in [3.63, 3.8) is 0 Å². The molecule has 0 spiro atoms. The normalized spacial score (nSPS) is 17.8. The van der Waals surface area contributed by atoms with Crippen LogP contribution in [0.15, 0.2) is 45.9 Å². The summed E-state index contributed by atoms with van der Waals surface area (Å²) in [5, 5.41) is 5.26. The first kappa shape index (κ1) is 24.1. The number of ether oxygens (including phenoxy) is 3. The van der Waals surface area contributed by atoms with Crippen molar-refractivity contribution in [1.82, 2.24) is 4.98 Å². The molecule has 0 amide bonds. The van der Waals surface area contributed by atoms with Gasteiger partial charge in [-0.2, -0.15) is 0 Å². The summed E-state index contributed by atoms with van der Waals surface area (Å²) in [5.74, 6) is -3.11. The quantitative estimate of drug-likeness (QED) is 0.478. The van der Waals surface area contributed by atoms with Gasteiger partial charge in [-0.15, -0.1) is 11.3 Å². The van der Waals surface area contributed by atoms with Crippen LogP contribution >= 0.6 is 11.3 Å². The summed E-state index contributed by atoms with van der Waals surface area (Å²) in [6.45, 7) is 5.41. The highest BCUT2D eigenvalue weighted by Crippen LogP contribution is 2.43. The molecule has 174 valence electrons. The molecule has 1 aromatic heterocycles. The maximum absolute atomic E-state index is 12.8. The van der Waals surface area contributed by atoms with E-state index < -0.39 is 29.7 Å². The Morgan fingerprint density at radius 1 is 1.09 bits per heavy atom. The Labute approximate surface area is 195 Å². The van der Waals surface area contributed by atoms with E-state index in [1.807, 2.05) is 18.2 Å². The number of carbonyl (C=O) groups is 3. The fourth-order valence-corrected chi connectivity index (χ4v) is 4.50. The van der Waals surface area contributed by atoms with Gasteiger partial charge in [0.1, 0.15) is 5.92 Å². The van der Waals surface area contributed by atoms with Crippen molar-refractivity contribution < 1.29 is 28.6 Å². The van der Waals surface area contributed by atoms with Crippen LogP contribution in [0.3, 0.4) is 0 Å². The molecule has 3 rings (SSSR count). The van der Waals surface area contributed by atoms with Crippen molar-refractivity contribution in [2.45, 2.75) is 26.7 Å². The monoisotopic (exact) mass is 471 g/mol. The van der Waals surface area contributed by atoms with Gasteiger partial charge in [0.25, 0.3) is 0 Å². The lowest BCUT2D eigenvalue weighted by Crippen LogP contribution is -2.36. The number of nitrogens with zero attached hydrogens (tertiary/aromatic N) is 2. The third-order valence-electron chi connectivity index (χ3n) is 5.21. The topological polar surface area (TPSA) is 116 Å². The third kappa shape index (κ3) is 4.95. The Balaban J connectivity index is 2.08. The molecule has 1 aliphatic rings. The second-order valence-corrected chi connectivity index (χ2v) is 8.05. The number of allylic oxidation sites excluding steroid dienone is 1. The first-order valence-electron chi connectivity index (χ1n) is 10.2. The van der Waals surface area contributed by atoms with E-state index in [1.165, 1.54) is 25.6 Å². The van der Waals surface area contributed by atoms with Crippen molar-refractivity contribution in [3.05, 3.63) is 52.2 Å². The number of benzene rings is 1. The number of esters is 3. The van der Waals surface area contributed by atoms with E-state index in [9.17, 15) is 14.4 Å². The predicted octanol–water partition coefficient (Wildman–Crippen LogP) is 3.86. The number of carbonyl (C=O) groups excluding carboxylic acids is 3. The molecule has 1 aromatic carbocycles. The van der Waals surface area contributed by atoms with E-state index in [1.54, 1.807) is 32.2 Å². The zero-order valence-corrected chi connectivity index (χ0v) is 19.8. The van der Waals surface area contributed by atoms with Crippen LogP contribution in [0.5, 0.6) is 0 Å². The number of nitrogens with one attached hydrogen (secondary N) is 1. The molecule has 1 N–H and O–H groups in total. The van der Waals surface area contributed by atoms with E-state index in [-0.39, 0.29) is 17.9 Å². The standard InChI is InChI=1S/C23H25N3O6S/c1-6-32-20(27)16-11-33-23(26-16)25-15-10-8-7-9-14(15)19-17(21(28)30-4)12(2)24-13(3)18(19)22(29)31-5/h7-11,17,19H,6H2,1-5H3,(H,25,26). The lowest BCUT2D eigenvalue weighted by atomic mass is 9.75. The average Bonchev–Trinajstić information content (AvgIpc) is 3.27. The zero-order chi connectivity index (χ0) is 24.1. The van der Waals surface area contributed by atoms with Crippen molar-refractivity contribution >= 4 is 45.8 Å². The molecule has 0 aliphatic carbocycles. The third-order valence-corrected chi connectivity index (χ3v) is 5.97. The SMILES string of the molecule is CCOC(=O)c1csc(Nc2ccccc2C2C(C(=O)OC)=C(C)N=C(C)C2C(=O)OC)n1. The minimum atomic E-state index is -0.817.